The van der Waals surface area contributed by atoms with Crippen LogP contribution >= 0.6 is 35.1 Å². The Hall–Kier alpha value is -3.19. The Labute approximate surface area is 212 Å². The number of hydrogen-bond acceptors (Lipinski definition) is 4. The molecule has 0 fully saturated rings. The van der Waals surface area contributed by atoms with Gasteiger partial charge in [0.2, 0.25) is 0 Å². The summed E-state index contributed by atoms with van der Waals surface area (Å²) in [6, 6.07) is 23.9. The lowest BCUT2D eigenvalue weighted by Crippen LogP contribution is -2.23. The molecule has 0 unspecified atom stereocenters. The summed E-state index contributed by atoms with van der Waals surface area (Å²) in [6.45, 7) is 0.309. The molecule has 0 saturated carbocycles. The molecule has 3 N–H and O–H groups in total. The highest BCUT2D eigenvalue weighted by atomic mass is 35.5. The minimum Gasteiger partial charge on any atom is -0.355 e. The van der Waals surface area contributed by atoms with Crippen molar-refractivity contribution in [1.29, 1.82) is 0 Å². The van der Waals surface area contributed by atoms with E-state index in [9.17, 15) is 9.59 Å². The number of rotatable bonds is 7. The maximum absolute atomic E-state index is 13.0. The summed E-state index contributed by atoms with van der Waals surface area (Å²) in [5, 5.41) is 8.43. The molecule has 172 valence electrons. The molecule has 4 aromatic carbocycles. The van der Waals surface area contributed by atoms with Crippen molar-refractivity contribution in [1.82, 2.24) is 10.6 Å². The predicted octanol–water partition coefficient (Wildman–Crippen LogP) is 6.56. The van der Waals surface area contributed by atoms with Crippen LogP contribution in [0.1, 0.15) is 26.3 Å². The number of nitrogens with one attached hydrogen (secondary N) is 3. The van der Waals surface area contributed by atoms with Gasteiger partial charge in [0.1, 0.15) is 0 Å². The Morgan fingerprint density at radius 2 is 1.53 bits per heavy atom. The van der Waals surface area contributed by atoms with Gasteiger partial charge in [0.15, 0.2) is 0 Å². The van der Waals surface area contributed by atoms with E-state index in [0.29, 0.717) is 27.7 Å². The number of carbonyl (C=O) groups is 2. The number of anilines is 1. The smallest absolute Gasteiger partial charge is 0.252 e. The van der Waals surface area contributed by atoms with E-state index in [2.05, 4.69) is 15.4 Å². The van der Waals surface area contributed by atoms with Crippen LogP contribution in [0.15, 0.2) is 83.8 Å². The topological polar surface area (TPSA) is 70.2 Å². The van der Waals surface area contributed by atoms with Gasteiger partial charge in [-0.05, 0) is 65.4 Å². The Morgan fingerprint density at radius 1 is 0.824 bits per heavy atom. The molecular weight excluding hydrogens is 489 g/mol. The summed E-state index contributed by atoms with van der Waals surface area (Å²) in [6.07, 6.45) is 0. The molecule has 0 radical (unpaired) electrons. The summed E-state index contributed by atoms with van der Waals surface area (Å²) in [7, 11) is 1.59. The SMILES string of the molecule is CNC(=O)c1cccc(CNC(=O)c2cccc3c(NSc4cc(Cl)cc(Cl)c4)cccc23)c1. The average molecular weight is 510 g/mol. The lowest BCUT2D eigenvalue weighted by molar-refractivity contribution is 0.0950. The molecule has 5 nitrogen and oxygen atoms in total. The van der Waals surface area contributed by atoms with Crippen LogP contribution in [0.3, 0.4) is 0 Å². The summed E-state index contributed by atoms with van der Waals surface area (Å²) in [5.41, 5.74) is 2.83. The van der Waals surface area contributed by atoms with Gasteiger partial charge in [-0.25, -0.2) is 0 Å². The number of amides is 2. The Morgan fingerprint density at radius 3 is 2.29 bits per heavy atom. The van der Waals surface area contributed by atoms with Crippen LogP contribution in [0.2, 0.25) is 10.0 Å². The third-order valence-electron chi connectivity index (χ3n) is 5.15. The standard InChI is InChI=1S/C26H21Cl2N3O2S/c1-29-25(32)17-6-2-5-16(11-17)15-30-26(33)23-9-3-8-22-21(23)7-4-10-24(22)31-34-20-13-18(27)12-19(28)14-20/h2-14,31H,15H2,1H3,(H,29,32)(H,30,33). The van der Waals surface area contributed by atoms with Crippen molar-refractivity contribution in [3.63, 3.8) is 0 Å². The summed E-state index contributed by atoms with van der Waals surface area (Å²) in [5.74, 6) is -0.359. The maximum Gasteiger partial charge on any atom is 0.252 e. The number of carbonyl (C=O) groups excluding carboxylic acids is 2. The minimum absolute atomic E-state index is 0.167. The second-order valence-electron chi connectivity index (χ2n) is 7.48. The molecule has 0 spiro atoms. The second-order valence-corrected chi connectivity index (χ2v) is 9.23. The molecule has 0 aliphatic carbocycles. The number of fused-ring (bicyclic) bond motifs is 1. The zero-order chi connectivity index (χ0) is 24.1. The molecule has 0 aromatic heterocycles. The van der Waals surface area contributed by atoms with Crippen molar-refractivity contribution >= 4 is 63.4 Å². The zero-order valence-electron chi connectivity index (χ0n) is 18.2. The Bertz CT molecular complexity index is 1360. The van der Waals surface area contributed by atoms with E-state index in [1.165, 1.54) is 11.9 Å². The molecule has 0 saturated heterocycles. The molecule has 8 heteroatoms. The molecule has 34 heavy (non-hydrogen) atoms. The Balaban J connectivity index is 1.52. The van der Waals surface area contributed by atoms with Crippen LogP contribution in [-0.4, -0.2) is 18.9 Å². The molecule has 0 aliphatic heterocycles. The summed E-state index contributed by atoms with van der Waals surface area (Å²) >= 11 is 13.6. The fourth-order valence-electron chi connectivity index (χ4n) is 3.54. The van der Waals surface area contributed by atoms with Crippen molar-refractivity contribution < 1.29 is 9.59 Å². The van der Waals surface area contributed by atoms with Crippen LogP contribution in [0.25, 0.3) is 10.8 Å². The van der Waals surface area contributed by atoms with Gasteiger partial charge in [0, 0.05) is 45.0 Å². The van der Waals surface area contributed by atoms with E-state index in [-0.39, 0.29) is 11.8 Å². The van der Waals surface area contributed by atoms with Gasteiger partial charge in [0.25, 0.3) is 11.8 Å². The van der Waals surface area contributed by atoms with Crippen molar-refractivity contribution in [3.8, 4) is 0 Å². The highest BCUT2D eigenvalue weighted by Crippen LogP contribution is 2.32. The molecule has 4 aromatic rings. The van der Waals surface area contributed by atoms with E-state index in [0.717, 1.165) is 26.9 Å². The highest BCUT2D eigenvalue weighted by Gasteiger charge is 2.12. The van der Waals surface area contributed by atoms with Gasteiger partial charge >= 0.3 is 0 Å². The maximum atomic E-state index is 13.0. The monoisotopic (exact) mass is 509 g/mol. The number of hydrogen-bond donors (Lipinski definition) is 3. The van der Waals surface area contributed by atoms with Crippen LogP contribution in [0.4, 0.5) is 5.69 Å². The molecule has 0 bridgehead atoms. The number of halogens is 2. The van der Waals surface area contributed by atoms with Crippen LogP contribution in [0.5, 0.6) is 0 Å². The van der Waals surface area contributed by atoms with Crippen LogP contribution in [0, 0.1) is 0 Å². The largest absolute Gasteiger partial charge is 0.355 e. The van der Waals surface area contributed by atoms with Gasteiger partial charge in [-0.15, -0.1) is 0 Å². The Kier molecular flexibility index (Phi) is 7.63. The first kappa shape index (κ1) is 24.0. The molecule has 0 heterocycles. The quantitative estimate of drug-likeness (QED) is 0.247. The first-order valence-electron chi connectivity index (χ1n) is 10.4. The first-order valence-corrected chi connectivity index (χ1v) is 12.0. The minimum atomic E-state index is -0.192. The molecule has 4 rings (SSSR count). The lowest BCUT2D eigenvalue weighted by atomic mass is 10.0. The van der Waals surface area contributed by atoms with Gasteiger partial charge < -0.3 is 15.4 Å². The third kappa shape index (κ3) is 5.65. The van der Waals surface area contributed by atoms with Gasteiger partial charge in [-0.1, -0.05) is 59.6 Å². The van der Waals surface area contributed by atoms with E-state index in [1.54, 1.807) is 37.4 Å². The van der Waals surface area contributed by atoms with E-state index < -0.39 is 0 Å². The van der Waals surface area contributed by atoms with Crippen molar-refractivity contribution in [2.75, 3.05) is 11.8 Å². The molecule has 0 atom stereocenters. The van der Waals surface area contributed by atoms with Gasteiger partial charge in [-0.2, -0.15) is 0 Å². The van der Waals surface area contributed by atoms with E-state index >= 15 is 0 Å². The summed E-state index contributed by atoms with van der Waals surface area (Å²) in [4.78, 5) is 25.8. The van der Waals surface area contributed by atoms with Crippen LogP contribution in [-0.2, 0) is 6.54 Å². The van der Waals surface area contributed by atoms with Gasteiger partial charge in [-0.3, -0.25) is 9.59 Å². The molecule has 2 amide bonds. The van der Waals surface area contributed by atoms with E-state index in [1.807, 2.05) is 48.5 Å². The second kappa shape index (κ2) is 10.8. The molecule has 0 aliphatic rings. The predicted molar refractivity (Wildman–Crippen MR) is 141 cm³/mol. The van der Waals surface area contributed by atoms with Crippen molar-refractivity contribution in [3.05, 3.63) is 106 Å². The highest BCUT2D eigenvalue weighted by molar-refractivity contribution is 8.00. The zero-order valence-corrected chi connectivity index (χ0v) is 20.5. The fraction of sp³-hybridized carbons (Fsp3) is 0.0769. The average Bonchev–Trinajstić information content (AvgIpc) is 2.84. The first-order chi connectivity index (χ1) is 16.4. The third-order valence-corrected chi connectivity index (χ3v) is 6.38. The van der Waals surface area contributed by atoms with Crippen molar-refractivity contribution in [2.45, 2.75) is 11.4 Å². The normalized spacial score (nSPS) is 10.7. The molecular formula is C26H21Cl2N3O2S. The van der Waals surface area contributed by atoms with Gasteiger partial charge in [0.05, 0.1) is 5.69 Å². The summed E-state index contributed by atoms with van der Waals surface area (Å²) < 4.78 is 3.33. The fourth-order valence-corrected chi connectivity index (χ4v) is 4.98. The van der Waals surface area contributed by atoms with Crippen LogP contribution < -0.4 is 15.4 Å². The van der Waals surface area contributed by atoms with E-state index in [4.69, 9.17) is 23.2 Å². The van der Waals surface area contributed by atoms with Crippen molar-refractivity contribution in [2.24, 2.45) is 0 Å². The number of benzene rings is 4. The lowest BCUT2D eigenvalue weighted by Gasteiger charge is -2.13.